The Kier molecular flexibility index (Phi) is 5.30. The lowest BCUT2D eigenvalue weighted by atomic mass is 9.90. The molecular weight excluding hydrogens is 320 g/mol. The number of amides is 2. The third-order valence-corrected chi connectivity index (χ3v) is 5.99. The largest absolute Gasteiger partial charge is 0.332 e. The first-order chi connectivity index (χ1) is 10.7. The van der Waals surface area contributed by atoms with E-state index in [1.54, 1.807) is 4.90 Å². The summed E-state index contributed by atoms with van der Waals surface area (Å²) in [5.74, 6) is 1.23. The van der Waals surface area contributed by atoms with Gasteiger partial charge in [0.1, 0.15) is 5.01 Å². The Morgan fingerprint density at radius 2 is 2.09 bits per heavy atom. The van der Waals surface area contributed by atoms with Crippen LogP contribution >= 0.6 is 23.1 Å². The maximum atomic E-state index is 11.9. The molecule has 0 unspecified atom stereocenters. The fourth-order valence-corrected chi connectivity index (χ4v) is 4.63. The standard InChI is InChI=1S/C14H20N4O2S2/c19-11(6-7-18-8-9-21-14(18)20)15-13-17-16-12(22-13)10-4-2-1-3-5-10/h10H,1-9H2,(H,15,17,19). The molecule has 1 aliphatic heterocycles. The molecule has 120 valence electrons. The topological polar surface area (TPSA) is 75.2 Å². The normalized spacial score (nSPS) is 19.6. The van der Waals surface area contributed by atoms with E-state index in [1.807, 2.05) is 0 Å². The summed E-state index contributed by atoms with van der Waals surface area (Å²) in [7, 11) is 0. The highest BCUT2D eigenvalue weighted by molar-refractivity contribution is 8.13. The van der Waals surface area contributed by atoms with Crippen LogP contribution in [0.4, 0.5) is 9.93 Å². The van der Waals surface area contributed by atoms with E-state index in [1.165, 1.54) is 55.2 Å². The first kappa shape index (κ1) is 15.7. The Balaban J connectivity index is 1.47. The van der Waals surface area contributed by atoms with Crippen molar-refractivity contribution in [1.29, 1.82) is 0 Å². The first-order valence-electron chi connectivity index (χ1n) is 7.77. The maximum Gasteiger partial charge on any atom is 0.281 e. The number of hydrogen-bond acceptors (Lipinski definition) is 6. The van der Waals surface area contributed by atoms with E-state index in [0.29, 0.717) is 24.0 Å². The van der Waals surface area contributed by atoms with E-state index in [-0.39, 0.29) is 11.1 Å². The van der Waals surface area contributed by atoms with Crippen molar-refractivity contribution in [1.82, 2.24) is 15.1 Å². The molecule has 1 saturated heterocycles. The smallest absolute Gasteiger partial charge is 0.281 e. The summed E-state index contributed by atoms with van der Waals surface area (Å²) in [6, 6.07) is 0. The van der Waals surface area contributed by atoms with Crippen molar-refractivity contribution in [3.63, 3.8) is 0 Å². The lowest BCUT2D eigenvalue weighted by Gasteiger charge is -2.18. The van der Waals surface area contributed by atoms with Crippen molar-refractivity contribution >= 4 is 39.4 Å². The SMILES string of the molecule is O=C(CCN1CCSC1=O)Nc1nnc(C2CCCCC2)s1. The molecule has 1 N–H and O–H groups in total. The second kappa shape index (κ2) is 7.41. The highest BCUT2D eigenvalue weighted by Crippen LogP contribution is 2.35. The van der Waals surface area contributed by atoms with Gasteiger partial charge in [0, 0.05) is 31.2 Å². The second-order valence-corrected chi connectivity index (χ2v) is 7.74. The summed E-state index contributed by atoms with van der Waals surface area (Å²) in [6.07, 6.45) is 6.49. The molecule has 0 radical (unpaired) electrons. The summed E-state index contributed by atoms with van der Waals surface area (Å²) in [5.41, 5.74) is 0. The van der Waals surface area contributed by atoms with E-state index in [9.17, 15) is 9.59 Å². The summed E-state index contributed by atoms with van der Waals surface area (Å²) >= 11 is 2.80. The van der Waals surface area contributed by atoms with Crippen LogP contribution in [0.2, 0.25) is 0 Å². The highest BCUT2D eigenvalue weighted by Gasteiger charge is 2.22. The Morgan fingerprint density at radius 1 is 1.27 bits per heavy atom. The van der Waals surface area contributed by atoms with E-state index < -0.39 is 0 Å². The van der Waals surface area contributed by atoms with Crippen molar-refractivity contribution < 1.29 is 9.59 Å². The van der Waals surface area contributed by atoms with E-state index in [4.69, 9.17) is 0 Å². The van der Waals surface area contributed by atoms with Crippen molar-refractivity contribution in [2.45, 2.75) is 44.4 Å². The molecule has 6 nitrogen and oxygen atoms in total. The van der Waals surface area contributed by atoms with E-state index in [2.05, 4.69) is 15.5 Å². The average molecular weight is 340 g/mol. The van der Waals surface area contributed by atoms with Crippen LogP contribution in [0, 0.1) is 0 Å². The van der Waals surface area contributed by atoms with Gasteiger partial charge < -0.3 is 10.2 Å². The third-order valence-electron chi connectivity index (χ3n) is 4.10. The summed E-state index contributed by atoms with van der Waals surface area (Å²) in [4.78, 5) is 25.1. The van der Waals surface area contributed by atoms with Crippen molar-refractivity contribution in [3.05, 3.63) is 5.01 Å². The zero-order chi connectivity index (χ0) is 15.4. The number of nitrogens with one attached hydrogen (secondary N) is 1. The highest BCUT2D eigenvalue weighted by atomic mass is 32.2. The van der Waals surface area contributed by atoms with Gasteiger partial charge in [0.05, 0.1) is 0 Å². The number of carbonyl (C=O) groups excluding carboxylic acids is 2. The lowest BCUT2D eigenvalue weighted by molar-refractivity contribution is -0.116. The lowest BCUT2D eigenvalue weighted by Crippen LogP contribution is -2.27. The van der Waals surface area contributed by atoms with Gasteiger partial charge in [-0.1, -0.05) is 42.4 Å². The first-order valence-corrected chi connectivity index (χ1v) is 9.57. The monoisotopic (exact) mass is 340 g/mol. The van der Waals surface area contributed by atoms with Crippen molar-refractivity contribution in [2.75, 3.05) is 24.2 Å². The fourth-order valence-electron chi connectivity index (χ4n) is 2.85. The quantitative estimate of drug-likeness (QED) is 0.891. The van der Waals surface area contributed by atoms with Crippen LogP contribution < -0.4 is 5.32 Å². The van der Waals surface area contributed by atoms with Crippen LogP contribution in [0.15, 0.2) is 0 Å². The number of thioether (sulfide) groups is 1. The molecule has 22 heavy (non-hydrogen) atoms. The van der Waals surface area contributed by atoms with Crippen LogP contribution in [0.3, 0.4) is 0 Å². The van der Waals surface area contributed by atoms with Crippen LogP contribution in [0.5, 0.6) is 0 Å². The van der Waals surface area contributed by atoms with Gasteiger partial charge in [0.25, 0.3) is 5.24 Å². The maximum absolute atomic E-state index is 11.9. The van der Waals surface area contributed by atoms with Crippen LogP contribution in [0.25, 0.3) is 0 Å². The predicted octanol–water partition coefficient (Wildman–Crippen LogP) is 3.08. The molecule has 0 atom stereocenters. The number of aromatic nitrogens is 2. The molecule has 1 aromatic rings. The summed E-state index contributed by atoms with van der Waals surface area (Å²) in [5, 5.41) is 12.8. The fraction of sp³-hybridized carbons (Fsp3) is 0.714. The van der Waals surface area contributed by atoms with Gasteiger partial charge in [-0.15, -0.1) is 10.2 Å². The van der Waals surface area contributed by atoms with Gasteiger partial charge in [0.2, 0.25) is 11.0 Å². The van der Waals surface area contributed by atoms with Crippen LogP contribution in [-0.2, 0) is 4.79 Å². The van der Waals surface area contributed by atoms with Gasteiger partial charge in [-0.2, -0.15) is 0 Å². The predicted molar refractivity (Wildman–Crippen MR) is 88.4 cm³/mol. The molecule has 2 amide bonds. The molecule has 0 spiro atoms. The van der Waals surface area contributed by atoms with Gasteiger partial charge in [-0.3, -0.25) is 9.59 Å². The zero-order valence-corrected chi connectivity index (χ0v) is 14.0. The van der Waals surface area contributed by atoms with Crippen molar-refractivity contribution in [3.8, 4) is 0 Å². The summed E-state index contributed by atoms with van der Waals surface area (Å²) < 4.78 is 0. The molecule has 8 heteroatoms. The Bertz CT molecular complexity index is 543. The minimum absolute atomic E-state index is 0.0725. The van der Waals surface area contributed by atoms with E-state index >= 15 is 0 Å². The Labute approximate surface area is 138 Å². The molecule has 2 fully saturated rings. The molecule has 2 heterocycles. The molecule has 1 aliphatic carbocycles. The second-order valence-electron chi connectivity index (χ2n) is 5.68. The van der Waals surface area contributed by atoms with Gasteiger partial charge in [-0.25, -0.2) is 0 Å². The summed E-state index contributed by atoms with van der Waals surface area (Å²) in [6.45, 7) is 1.22. The van der Waals surface area contributed by atoms with Crippen LogP contribution in [0.1, 0.15) is 49.5 Å². The number of carbonyl (C=O) groups is 2. The van der Waals surface area contributed by atoms with E-state index in [0.717, 1.165) is 17.3 Å². The number of hydrogen-bond donors (Lipinski definition) is 1. The Morgan fingerprint density at radius 3 is 2.82 bits per heavy atom. The van der Waals surface area contributed by atoms with Gasteiger partial charge in [0.15, 0.2) is 0 Å². The minimum atomic E-state index is -0.101. The molecule has 0 aromatic carbocycles. The molecule has 1 saturated carbocycles. The Hall–Kier alpha value is -1.15. The van der Waals surface area contributed by atoms with Crippen molar-refractivity contribution in [2.24, 2.45) is 0 Å². The third kappa shape index (κ3) is 3.98. The molecular formula is C14H20N4O2S2. The molecule has 0 bridgehead atoms. The van der Waals surface area contributed by atoms with Gasteiger partial charge >= 0.3 is 0 Å². The molecule has 2 aliphatic rings. The van der Waals surface area contributed by atoms with Crippen LogP contribution in [-0.4, -0.2) is 45.1 Å². The zero-order valence-electron chi connectivity index (χ0n) is 12.4. The number of rotatable bonds is 5. The number of nitrogens with zero attached hydrogens (tertiary/aromatic N) is 3. The minimum Gasteiger partial charge on any atom is -0.332 e. The number of anilines is 1. The molecule has 3 rings (SSSR count). The van der Waals surface area contributed by atoms with Gasteiger partial charge in [-0.05, 0) is 12.8 Å². The average Bonchev–Trinajstić information content (AvgIpc) is 3.15. The molecule has 1 aromatic heterocycles.